The van der Waals surface area contributed by atoms with Crippen LogP contribution in [0.15, 0.2) is 29.0 Å². The number of carbonyl (C=O) groups is 1. The number of amides is 1. The van der Waals surface area contributed by atoms with E-state index in [1.807, 2.05) is 0 Å². The number of rotatable bonds is 5. The first-order chi connectivity index (χ1) is 12.5. The third-order valence-corrected chi connectivity index (χ3v) is 7.02. The number of thiophene rings is 1. The maximum atomic E-state index is 14.1. The van der Waals surface area contributed by atoms with Gasteiger partial charge in [0.1, 0.15) is 11.2 Å². The van der Waals surface area contributed by atoms with E-state index in [0.29, 0.717) is 21.9 Å². The van der Waals surface area contributed by atoms with E-state index in [-0.39, 0.29) is 22.0 Å². The molecule has 0 aliphatic carbocycles. The molecule has 0 spiro atoms. The molecule has 0 unspecified atom stereocenters. The summed E-state index contributed by atoms with van der Waals surface area (Å²) in [6, 6.07) is 4.25. The average Bonchev–Trinajstić information content (AvgIpc) is 3.15. The highest BCUT2D eigenvalue weighted by Gasteiger charge is 2.53. The van der Waals surface area contributed by atoms with Crippen LogP contribution in [0.1, 0.15) is 21.1 Å². The lowest BCUT2D eigenvalue weighted by molar-refractivity contribution is 0.0595. The lowest BCUT2D eigenvalue weighted by atomic mass is 10.1. The van der Waals surface area contributed by atoms with Crippen LogP contribution in [0.4, 0.5) is 8.78 Å². The molecule has 0 aliphatic heterocycles. The topological polar surface area (TPSA) is 117 Å². The second kappa shape index (κ2) is 7.02. The van der Waals surface area contributed by atoms with Crippen molar-refractivity contribution < 1.29 is 27.9 Å². The van der Waals surface area contributed by atoms with Crippen molar-refractivity contribution >= 4 is 50.9 Å². The quantitative estimate of drug-likeness (QED) is 0.483. The summed E-state index contributed by atoms with van der Waals surface area (Å²) in [6.07, 6.45) is 1.48. The summed E-state index contributed by atoms with van der Waals surface area (Å²) in [5.74, 6) is -0.0574. The zero-order chi connectivity index (χ0) is 20.0. The molecule has 27 heavy (non-hydrogen) atoms. The molecule has 0 saturated heterocycles. The molecule has 0 bridgehead atoms. The normalized spacial score (nSPS) is 12.5. The molecule has 0 fully saturated rings. The minimum atomic E-state index is -5.69. The van der Waals surface area contributed by atoms with Gasteiger partial charge in [-0.15, -0.1) is 11.3 Å². The monoisotopic (exact) mass is 480 g/mol. The fraction of sp³-hybridized carbons (Fsp3) is 0.214. The molecular weight excluding hydrogens is 469 g/mol. The molecule has 2 heterocycles. The summed E-state index contributed by atoms with van der Waals surface area (Å²) < 4.78 is 40.9. The van der Waals surface area contributed by atoms with Gasteiger partial charge < -0.3 is 15.1 Å². The van der Waals surface area contributed by atoms with Gasteiger partial charge in [-0.05, 0) is 34.1 Å². The summed E-state index contributed by atoms with van der Waals surface area (Å²) in [5, 5.41) is 6.89. The van der Waals surface area contributed by atoms with Gasteiger partial charge in [0.2, 0.25) is 0 Å². The summed E-state index contributed by atoms with van der Waals surface area (Å²) in [4.78, 5) is 33.3. The standard InChI is InChI=1S/C14H12BrF2N4O4PS/c1-21-6-19-10(20-21)5-18-13(22)7-2-3-9-8(4-7)11(15)12(27-9)14(16,17)26(23,24)25/h2-4,6H,5H2,1H3,(H,18,22)(H2,23,24,25). The highest BCUT2D eigenvalue weighted by molar-refractivity contribution is 9.10. The van der Waals surface area contributed by atoms with Gasteiger partial charge in [-0.1, -0.05) is 0 Å². The molecule has 1 aromatic carbocycles. The maximum Gasteiger partial charge on any atom is 0.400 e. The number of nitrogens with zero attached hydrogens (tertiary/aromatic N) is 3. The highest BCUT2D eigenvalue weighted by atomic mass is 79.9. The van der Waals surface area contributed by atoms with Crippen LogP contribution in [-0.4, -0.2) is 30.5 Å². The molecule has 144 valence electrons. The first kappa shape index (κ1) is 20.0. The molecule has 13 heteroatoms. The number of hydrogen-bond acceptors (Lipinski definition) is 5. The molecule has 8 nitrogen and oxygen atoms in total. The largest absolute Gasteiger partial charge is 0.400 e. The minimum absolute atomic E-state index is 0.0873. The van der Waals surface area contributed by atoms with Crippen molar-refractivity contribution in [3.8, 4) is 0 Å². The summed E-state index contributed by atoms with van der Waals surface area (Å²) in [6.45, 7) is 0.0873. The lowest BCUT2D eigenvalue weighted by Gasteiger charge is -2.16. The van der Waals surface area contributed by atoms with Crippen LogP contribution in [-0.2, 0) is 23.8 Å². The summed E-state index contributed by atoms with van der Waals surface area (Å²) in [5.41, 5.74) is -4.13. The predicted octanol–water partition coefficient (Wildman–Crippen LogP) is 2.95. The Balaban J connectivity index is 1.90. The number of nitrogens with one attached hydrogen (secondary N) is 1. The number of halogens is 3. The smallest absolute Gasteiger partial charge is 0.345 e. The molecule has 3 aromatic rings. The molecule has 0 radical (unpaired) electrons. The van der Waals surface area contributed by atoms with E-state index < -0.39 is 24.0 Å². The van der Waals surface area contributed by atoms with Crippen LogP contribution in [0.2, 0.25) is 0 Å². The van der Waals surface area contributed by atoms with Gasteiger partial charge in [0.05, 0.1) is 6.54 Å². The van der Waals surface area contributed by atoms with Gasteiger partial charge in [0, 0.05) is 27.2 Å². The van der Waals surface area contributed by atoms with Crippen molar-refractivity contribution in [1.29, 1.82) is 0 Å². The second-order valence-corrected chi connectivity index (χ2v) is 9.05. The Bertz CT molecular complexity index is 1080. The van der Waals surface area contributed by atoms with Crippen molar-refractivity contribution in [2.75, 3.05) is 0 Å². The van der Waals surface area contributed by atoms with Gasteiger partial charge in [-0.2, -0.15) is 13.9 Å². The average molecular weight is 481 g/mol. The number of hydrogen-bond donors (Lipinski definition) is 3. The number of benzene rings is 1. The van der Waals surface area contributed by atoms with Crippen LogP contribution in [0, 0.1) is 0 Å². The van der Waals surface area contributed by atoms with Gasteiger partial charge in [-0.25, -0.2) is 4.98 Å². The molecule has 3 rings (SSSR count). The first-order valence-electron chi connectivity index (χ1n) is 7.29. The molecule has 2 aromatic heterocycles. The van der Waals surface area contributed by atoms with E-state index in [4.69, 9.17) is 9.79 Å². The van der Waals surface area contributed by atoms with Crippen LogP contribution in [0.25, 0.3) is 10.1 Å². The Morgan fingerprint density at radius 3 is 2.74 bits per heavy atom. The fourth-order valence-electron chi connectivity index (χ4n) is 2.26. The zero-order valence-corrected chi connectivity index (χ0v) is 16.9. The number of fused-ring (bicyclic) bond motifs is 1. The Labute approximate surface area is 163 Å². The van der Waals surface area contributed by atoms with E-state index >= 15 is 0 Å². The van der Waals surface area contributed by atoms with E-state index in [0.717, 1.165) is 0 Å². The van der Waals surface area contributed by atoms with Gasteiger partial charge in [0.15, 0.2) is 5.82 Å². The van der Waals surface area contributed by atoms with E-state index in [2.05, 4.69) is 31.3 Å². The molecule has 0 saturated carbocycles. The SMILES string of the molecule is Cn1cnc(CNC(=O)c2ccc3sc(C(F)(F)P(=O)(O)O)c(Br)c3c2)n1. The number of aryl methyl sites for hydroxylation is 1. The van der Waals surface area contributed by atoms with Crippen LogP contribution < -0.4 is 5.32 Å². The third-order valence-electron chi connectivity index (χ3n) is 3.58. The maximum absolute atomic E-state index is 14.1. The van der Waals surface area contributed by atoms with Gasteiger partial charge in [0.25, 0.3) is 5.91 Å². The Hall–Kier alpha value is -1.72. The molecule has 1 amide bonds. The van der Waals surface area contributed by atoms with Crippen molar-refractivity contribution in [3.63, 3.8) is 0 Å². The van der Waals surface area contributed by atoms with Crippen LogP contribution in [0.3, 0.4) is 0 Å². The molecular formula is C14H12BrF2N4O4PS. The first-order valence-corrected chi connectivity index (χ1v) is 10.5. The lowest BCUT2D eigenvalue weighted by Crippen LogP contribution is -2.23. The Morgan fingerprint density at radius 1 is 1.44 bits per heavy atom. The van der Waals surface area contributed by atoms with E-state index in [9.17, 15) is 18.1 Å². The van der Waals surface area contributed by atoms with Crippen molar-refractivity contribution in [2.24, 2.45) is 7.05 Å². The highest BCUT2D eigenvalue weighted by Crippen LogP contribution is 2.62. The van der Waals surface area contributed by atoms with Gasteiger partial charge >= 0.3 is 13.3 Å². The van der Waals surface area contributed by atoms with Crippen molar-refractivity contribution in [2.45, 2.75) is 12.2 Å². The van der Waals surface area contributed by atoms with Crippen molar-refractivity contribution in [1.82, 2.24) is 20.1 Å². The zero-order valence-electron chi connectivity index (χ0n) is 13.6. The molecule has 3 N–H and O–H groups in total. The van der Waals surface area contributed by atoms with Crippen molar-refractivity contribution in [3.05, 3.63) is 45.3 Å². The van der Waals surface area contributed by atoms with E-state index in [1.54, 1.807) is 7.05 Å². The second-order valence-electron chi connectivity index (χ2n) is 5.56. The summed E-state index contributed by atoms with van der Waals surface area (Å²) in [7, 11) is -4.01. The molecule has 0 aliphatic rings. The summed E-state index contributed by atoms with van der Waals surface area (Å²) >= 11 is 3.52. The third kappa shape index (κ3) is 3.81. The van der Waals surface area contributed by atoms with E-state index in [1.165, 1.54) is 29.2 Å². The van der Waals surface area contributed by atoms with Crippen LogP contribution in [0.5, 0.6) is 0 Å². The Kier molecular flexibility index (Phi) is 5.21. The van der Waals surface area contributed by atoms with Gasteiger partial charge in [-0.3, -0.25) is 14.0 Å². The van der Waals surface area contributed by atoms with Crippen LogP contribution >= 0.6 is 34.9 Å². The number of carbonyl (C=O) groups excluding carboxylic acids is 1. The fourth-order valence-corrected chi connectivity index (χ4v) is 5.18. The molecule has 0 atom stereocenters. The number of aromatic nitrogens is 3. The predicted molar refractivity (Wildman–Crippen MR) is 97.6 cm³/mol. The Morgan fingerprint density at radius 2 is 2.15 bits per heavy atom. The number of alkyl halides is 2. The minimum Gasteiger partial charge on any atom is -0.345 e.